The van der Waals surface area contributed by atoms with Gasteiger partial charge in [0, 0.05) is 68.6 Å². The van der Waals surface area contributed by atoms with E-state index in [1.54, 1.807) is 49.1 Å². The monoisotopic (exact) mass is 758 g/mol. The maximum Gasteiger partial charge on any atom is 0.417 e. The zero-order valence-electron chi connectivity index (χ0n) is 30.1. The van der Waals surface area contributed by atoms with Crippen molar-refractivity contribution in [1.29, 1.82) is 10.5 Å². The second-order valence-electron chi connectivity index (χ2n) is 13.7. The predicted molar refractivity (Wildman–Crippen MR) is 217 cm³/mol. The van der Waals surface area contributed by atoms with E-state index in [-0.39, 0.29) is 33.6 Å². The summed E-state index contributed by atoms with van der Waals surface area (Å²) in [6.45, 7) is 0. The van der Waals surface area contributed by atoms with Crippen molar-refractivity contribution in [3.05, 3.63) is 169 Å². The Morgan fingerprint density at radius 2 is 0.948 bits per heavy atom. The Kier molecular flexibility index (Phi) is 7.85. The lowest BCUT2D eigenvalue weighted by Gasteiger charge is -2.23. The number of hydrogen-bond donors (Lipinski definition) is 0. The van der Waals surface area contributed by atoms with Crippen LogP contribution in [0.3, 0.4) is 0 Å². The number of para-hydroxylation sites is 2. The van der Waals surface area contributed by atoms with Crippen molar-refractivity contribution in [3.63, 3.8) is 0 Å². The third-order valence-electron chi connectivity index (χ3n) is 10.4. The Morgan fingerprint density at radius 1 is 0.466 bits per heavy atom. The third-order valence-corrected chi connectivity index (χ3v) is 10.4. The van der Waals surface area contributed by atoms with Gasteiger partial charge in [0.15, 0.2) is 11.6 Å². The number of nitriles is 2. The van der Waals surface area contributed by atoms with Gasteiger partial charge in [-0.05, 0) is 84.9 Å². The molecule has 11 heteroatoms. The van der Waals surface area contributed by atoms with Gasteiger partial charge in [-0.25, -0.2) is 19.9 Å². The minimum Gasteiger partial charge on any atom is -0.308 e. The summed E-state index contributed by atoms with van der Waals surface area (Å²) >= 11 is 0. The summed E-state index contributed by atoms with van der Waals surface area (Å²) in [6.07, 6.45) is 1.79. The highest BCUT2D eigenvalue weighted by molar-refractivity contribution is 6.13. The Hall–Kier alpha value is -8.15. The molecule has 0 bridgehead atoms. The largest absolute Gasteiger partial charge is 0.417 e. The molecule has 0 saturated carbocycles. The van der Waals surface area contributed by atoms with Crippen LogP contribution >= 0.6 is 0 Å². The molecule has 274 valence electrons. The van der Waals surface area contributed by atoms with E-state index in [2.05, 4.69) is 32.1 Å². The molecule has 0 N–H and O–H groups in total. The average Bonchev–Trinajstić information content (AvgIpc) is 3.78. The highest BCUT2D eigenvalue weighted by atomic mass is 19.4. The zero-order chi connectivity index (χ0) is 39.5. The molecule has 0 saturated heterocycles. The molecule has 10 rings (SSSR count). The van der Waals surface area contributed by atoms with Gasteiger partial charge in [-0.3, -0.25) is 0 Å². The number of nitrogens with zero attached hydrogens (tertiary/aromatic N) is 8. The molecule has 8 nitrogen and oxygen atoms in total. The molecule has 0 aliphatic rings. The van der Waals surface area contributed by atoms with Gasteiger partial charge in [-0.1, -0.05) is 42.5 Å². The van der Waals surface area contributed by atoms with Gasteiger partial charge >= 0.3 is 6.18 Å². The van der Waals surface area contributed by atoms with E-state index >= 15 is 13.2 Å². The summed E-state index contributed by atoms with van der Waals surface area (Å²) in [5.41, 5.74) is 3.67. The van der Waals surface area contributed by atoms with Gasteiger partial charge in [0.05, 0.1) is 62.3 Å². The molecule has 0 amide bonds. The van der Waals surface area contributed by atoms with Crippen LogP contribution in [0.25, 0.3) is 88.9 Å². The standard InChI is InChI=1S/C47H25F3N8/c48-47(49,50)36-11-5-8-31(27-52)43(36)44-41(57-37-12-3-1-9-32(37)34-24-29(14-16-39(34)57)45-53-18-6-19-54-45)22-28(26-51)23-42(44)58-38-13-4-2-10-33(38)35-25-30(15-17-40(35)58)46-55-20-7-21-56-46/h1-25H. The minimum absolute atomic E-state index is 0.125. The number of halogens is 3. The normalized spacial score (nSPS) is 11.7. The first kappa shape index (κ1) is 34.3. The summed E-state index contributed by atoms with van der Waals surface area (Å²) in [6, 6.07) is 41.3. The first-order chi connectivity index (χ1) is 28.3. The van der Waals surface area contributed by atoms with Crippen LogP contribution in [0, 0.1) is 22.7 Å². The lowest BCUT2D eigenvalue weighted by molar-refractivity contribution is -0.137. The van der Waals surface area contributed by atoms with E-state index in [0.29, 0.717) is 33.7 Å². The Labute approximate surface area is 328 Å². The van der Waals surface area contributed by atoms with E-state index in [0.717, 1.165) is 38.7 Å². The van der Waals surface area contributed by atoms with Crippen molar-refractivity contribution in [1.82, 2.24) is 29.1 Å². The van der Waals surface area contributed by atoms with Crippen LogP contribution in [0.1, 0.15) is 16.7 Å². The fourth-order valence-electron chi connectivity index (χ4n) is 8.08. The number of fused-ring (bicyclic) bond motifs is 6. The Balaban J connectivity index is 1.39. The molecule has 0 radical (unpaired) electrons. The van der Waals surface area contributed by atoms with Gasteiger partial charge in [0.2, 0.25) is 0 Å². The maximum atomic E-state index is 15.4. The molecule has 0 unspecified atom stereocenters. The highest BCUT2D eigenvalue weighted by Crippen LogP contribution is 2.48. The second kappa shape index (κ2) is 13.3. The van der Waals surface area contributed by atoms with Crippen LogP contribution in [-0.2, 0) is 6.18 Å². The van der Waals surface area contributed by atoms with Gasteiger partial charge in [-0.2, -0.15) is 23.7 Å². The fraction of sp³-hybridized carbons (Fsp3) is 0.0213. The van der Waals surface area contributed by atoms with Crippen molar-refractivity contribution in [2.45, 2.75) is 6.18 Å². The SMILES string of the molecule is N#Cc1cc(-n2c3ccccc3c3cc(-c4ncccn4)ccc32)c(-c2c(C#N)cccc2C(F)(F)F)c(-n2c3ccccc3c3cc(-c4ncccn4)ccc32)c1. The molecule has 4 heterocycles. The van der Waals surface area contributed by atoms with Crippen molar-refractivity contribution in [2.24, 2.45) is 0 Å². The maximum absolute atomic E-state index is 15.4. The van der Waals surface area contributed by atoms with Crippen molar-refractivity contribution in [2.75, 3.05) is 0 Å². The first-order valence-corrected chi connectivity index (χ1v) is 18.1. The third kappa shape index (κ3) is 5.37. The van der Waals surface area contributed by atoms with E-state index < -0.39 is 11.7 Å². The quantitative estimate of drug-likeness (QED) is 0.173. The highest BCUT2D eigenvalue weighted by Gasteiger charge is 2.37. The molecule has 10 aromatic rings. The topological polar surface area (TPSA) is 109 Å². The number of hydrogen-bond acceptors (Lipinski definition) is 6. The van der Waals surface area contributed by atoms with E-state index in [1.807, 2.05) is 94.1 Å². The zero-order valence-corrected chi connectivity index (χ0v) is 30.1. The number of benzene rings is 6. The van der Waals surface area contributed by atoms with Crippen LogP contribution in [0.2, 0.25) is 0 Å². The molecule has 6 aromatic carbocycles. The van der Waals surface area contributed by atoms with Crippen molar-refractivity contribution < 1.29 is 13.2 Å². The van der Waals surface area contributed by atoms with Crippen LogP contribution in [0.5, 0.6) is 0 Å². The summed E-state index contributed by atoms with van der Waals surface area (Å²) in [5.74, 6) is 1.03. The summed E-state index contributed by atoms with van der Waals surface area (Å²) < 4.78 is 49.9. The smallest absolute Gasteiger partial charge is 0.308 e. The lowest BCUT2D eigenvalue weighted by atomic mass is 9.90. The summed E-state index contributed by atoms with van der Waals surface area (Å²) in [4.78, 5) is 17.8. The second-order valence-corrected chi connectivity index (χ2v) is 13.7. The van der Waals surface area contributed by atoms with E-state index in [4.69, 9.17) is 0 Å². The molecule has 0 aliphatic heterocycles. The lowest BCUT2D eigenvalue weighted by Crippen LogP contribution is -2.12. The van der Waals surface area contributed by atoms with Crippen molar-refractivity contribution in [3.8, 4) is 57.4 Å². The Morgan fingerprint density at radius 3 is 1.41 bits per heavy atom. The van der Waals surface area contributed by atoms with Gasteiger partial charge < -0.3 is 9.13 Å². The summed E-state index contributed by atoms with van der Waals surface area (Å²) in [5, 5.41) is 24.5. The van der Waals surface area contributed by atoms with E-state index in [9.17, 15) is 10.5 Å². The van der Waals surface area contributed by atoms with Gasteiger partial charge in [0.1, 0.15) is 0 Å². The molecule has 0 spiro atoms. The Bertz CT molecular complexity index is 3180. The van der Waals surface area contributed by atoms with Crippen molar-refractivity contribution >= 4 is 43.6 Å². The van der Waals surface area contributed by atoms with Gasteiger partial charge in [-0.15, -0.1) is 0 Å². The molecule has 0 fully saturated rings. The fourth-order valence-corrected chi connectivity index (χ4v) is 8.08. The number of rotatable bonds is 5. The van der Waals surface area contributed by atoms with Crippen LogP contribution in [0.15, 0.2) is 152 Å². The molecular formula is C47H25F3N8. The van der Waals surface area contributed by atoms with Crippen LogP contribution in [0.4, 0.5) is 13.2 Å². The average molecular weight is 759 g/mol. The number of aromatic nitrogens is 6. The first-order valence-electron chi connectivity index (χ1n) is 18.1. The number of alkyl halides is 3. The predicted octanol–water partition coefficient (Wildman–Crippen LogP) is 11.2. The molecule has 58 heavy (non-hydrogen) atoms. The van der Waals surface area contributed by atoms with Gasteiger partial charge in [0.25, 0.3) is 0 Å². The summed E-state index contributed by atoms with van der Waals surface area (Å²) in [7, 11) is 0. The molecular weight excluding hydrogens is 734 g/mol. The van der Waals surface area contributed by atoms with Crippen LogP contribution < -0.4 is 0 Å². The molecule has 0 atom stereocenters. The minimum atomic E-state index is -4.85. The molecule has 0 aliphatic carbocycles. The van der Waals surface area contributed by atoms with E-state index in [1.165, 1.54) is 12.1 Å². The molecule has 4 aromatic heterocycles. The van der Waals surface area contributed by atoms with Crippen LogP contribution in [-0.4, -0.2) is 29.1 Å².